The second-order valence-electron chi connectivity index (χ2n) is 4.23. The molecule has 1 rings (SSSR count). The van der Waals surface area contributed by atoms with Crippen LogP contribution in [0, 0.1) is 6.92 Å². The Kier molecular flexibility index (Phi) is 4.60. The standard InChI is InChI=1S/C11H17N3O4S/c1-7(2)18-11(15)14-19(16,17)13-9-5-4-8(3)10(12)6-9/h4-7,13H,12H2,1-3H3,(H,14,15). The molecular formula is C11H17N3O4S. The number of benzene rings is 1. The summed E-state index contributed by atoms with van der Waals surface area (Å²) in [7, 11) is -4.04. The highest BCUT2D eigenvalue weighted by Crippen LogP contribution is 2.17. The number of nitrogens with two attached hydrogens (primary N) is 1. The van der Waals surface area contributed by atoms with Crippen LogP contribution in [-0.4, -0.2) is 20.6 Å². The van der Waals surface area contributed by atoms with Crippen LogP contribution in [-0.2, 0) is 14.9 Å². The summed E-state index contributed by atoms with van der Waals surface area (Å²) in [6.07, 6.45) is -1.45. The number of carbonyl (C=O) groups excluding carboxylic acids is 1. The van der Waals surface area contributed by atoms with Crippen LogP contribution in [0.2, 0.25) is 0 Å². The molecule has 0 aromatic heterocycles. The fourth-order valence-electron chi connectivity index (χ4n) is 1.23. The Hall–Kier alpha value is -1.96. The van der Waals surface area contributed by atoms with Gasteiger partial charge in [-0.1, -0.05) is 6.07 Å². The summed E-state index contributed by atoms with van der Waals surface area (Å²) in [5.41, 5.74) is 7.19. The van der Waals surface area contributed by atoms with Gasteiger partial charge in [-0.05, 0) is 38.5 Å². The molecule has 0 aliphatic rings. The van der Waals surface area contributed by atoms with Crippen molar-refractivity contribution in [3.05, 3.63) is 23.8 Å². The van der Waals surface area contributed by atoms with Gasteiger partial charge in [0.2, 0.25) is 0 Å². The molecular weight excluding hydrogens is 270 g/mol. The van der Waals surface area contributed by atoms with E-state index in [2.05, 4.69) is 9.46 Å². The van der Waals surface area contributed by atoms with Gasteiger partial charge in [-0.3, -0.25) is 4.72 Å². The largest absolute Gasteiger partial charge is 0.446 e. The lowest BCUT2D eigenvalue weighted by atomic mass is 10.2. The van der Waals surface area contributed by atoms with E-state index in [1.54, 1.807) is 37.6 Å². The predicted octanol–water partition coefficient (Wildman–Crippen LogP) is 1.37. The van der Waals surface area contributed by atoms with Crippen LogP contribution in [0.1, 0.15) is 19.4 Å². The molecule has 7 nitrogen and oxygen atoms in total. The van der Waals surface area contributed by atoms with Gasteiger partial charge in [0.25, 0.3) is 0 Å². The minimum absolute atomic E-state index is 0.257. The zero-order valence-electron chi connectivity index (χ0n) is 10.9. The first kappa shape index (κ1) is 15.1. The number of nitrogen functional groups attached to an aromatic ring is 1. The molecule has 1 aromatic carbocycles. The first-order valence-electron chi connectivity index (χ1n) is 5.57. The number of ether oxygens (including phenoxy) is 1. The third-order valence-electron chi connectivity index (χ3n) is 2.09. The summed E-state index contributed by atoms with van der Waals surface area (Å²) in [5.74, 6) is 0. The van der Waals surface area contributed by atoms with Gasteiger partial charge in [0.15, 0.2) is 0 Å². The molecule has 1 aromatic rings. The average Bonchev–Trinajstić information content (AvgIpc) is 2.20. The lowest BCUT2D eigenvalue weighted by Crippen LogP contribution is -2.36. The molecule has 4 N–H and O–H groups in total. The summed E-state index contributed by atoms with van der Waals surface area (Å²) >= 11 is 0. The molecule has 0 aliphatic heterocycles. The van der Waals surface area contributed by atoms with Gasteiger partial charge in [-0.2, -0.15) is 8.42 Å². The summed E-state index contributed by atoms with van der Waals surface area (Å²) in [4.78, 5) is 11.2. The minimum atomic E-state index is -4.04. The number of amides is 1. The van der Waals surface area contributed by atoms with Crippen LogP contribution in [0.5, 0.6) is 0 Å². The van der Waals surface area contributed by atoms with E-state index in [0.29, 0.717) is 5.69 Å². The Balaban J connectivity index is 2.74. The van der Waals surface area contributed by atoms with Crippen molar-refractivity contribution in [1.29, 1.82) is 0 Å². The van der Waals surface area contributed by atoms with Crippen molar-refractivity contribution in [3.8, 4) is 0 Å². The normalized spacial score (nSPS) is 11.2. The fraction of sp³-hybridized carbons (Fsp3) is 0.364. The van der Waals surface area contributed by atoms with Gasteiger partial charge in [0.05, 0.1) is 11.8 Å². The van der Waals surface area contributed by atoms with E-state index >= 15 is 0 Å². The molecule has 19 heavy (non-hydrogen) atoms. The van der Waals surface area contributed by atoms with Crippen molar-refractivity contribution >= 4 is 27.7 Å². The zero-order valence-corrected chi connectivity index (χ0v) is 11.7. The minimum Gasteiger partial charge on any atom is -0.446 e. The highest BCUT2D eigenvalue weighted by atomic mass is 32.2. The number of carbonyl (C=O) groups is 1. The Bertz CT molecular complexity index is 569. The van der Waals surface area contributed by atoms with Crippen molar-refractivity contribution in [2.75, 3.05) is 10.5 Å². The maximum Gasteiger partial charge on any atom is 0.422 e. The van der Waals surface area contributed by atoms with Crippen molar-refractivity contribution in [2.24, 2.45) is 0 Å². The molecule has 0 fully saturated rings. The maximum atomic E-state index is 11.6. The highest BCUT2D eigenvalue weighted by Gasteiger charge is 2.16. The number of aryl methyl sites for hydroxylation is 1. The molecule has 0 atom stereocenters. The van der Waals surface area contributed by atoms with Crippen LogP contribution in [0.3, 0.4) is 0 Å². The van der Waals surface area contributed by atoms with E-state index in [4.69, 9.17) is 5.73 Å². The average molecular weight is 287 g/mol. The number of hydrogen-bond donors (Lipinski definition) is 3. The first-order chi connectivity index (χ1) is 8.69. The summed E-state index contributed by atoms with van der Waals surface area (Å²) in [6.45, 7) is 5.02. The van der Waals surface area contributed by atoms with Crippen LogP contribution < -0.4 is 15.2 Å². The molecule has 0 spiro atoms. The van der Waals surface area contributed by atoms with Crippen LogP contribution >= 0.6 is 0 Å². The van der Waals surface area contributed by atoms with E-state index < -0.39 is 22.4 Å². The number of hydrogen-bond acceptors (Lipinski definition) is 5. The van der Waals surface area contributed by atoms with E-state index in [0.717, 1.165) is 5.56 Å². The van der Waals surface area contributed by atoms with Crippen molar-refractivity contribution in [2.45, 2.75) is 26.9 Å². The molecule has 0 heterocycles. The van der Waals surface area contributed by atoms with Gasteiger partial charge in [-0.25, -0.2) is 9.52 Å². The molecule has 1 amide bonds. The van der Waals surface area contributed by atoms with Crippen LogP contribution in [0.15, 0.2) is 18.2 Å². The molecule has 0 saturated heterocycles. The van der Waals surface area contributed by atoms with Crippen LogP contribution in [0.4, 0.5) is 16.2 Å². The molecule has 0 aliphatic carbocycles. The second-order valence-corrected chi connectivity index (χ2v) is 5.65. The monoisotopic (exact) mass is 287 g/mol. The fourth-order valence-corrected chi connectivity index (χ4v) is 1.99. The summed E-state index contributed by atoms with van der Waals surface area (Å²) in [6, 6.07) is 4.67. The molecule has 8 heteroatoms. The predicted molar refractivity (Wildman–Crippen MR) is 72.9 cm³/mol. The lowest BCUT2D eigenvalue weighted by molar-refractivity contribution is 0.121. The van der Waals surface area contributed by atoms with Gasteiger partial charge in [-0.15, -0.1) is 0 Å². The SMILES string of the molecule is Cc1ccc(NS(=O)(=O)NC(=O)OC(C)C)cc1N. The second kappa shape index (κ2) is 5.79. The van der Waals surface area contributed by atoms with Crippen molar-refractivity contribution in [3.63, 3.8) is 0 Å². The van der Waals surface area contributed by atoms with E-state index in [9.17, 15) is 13.2 Å². The van der Waals surface area contributed by atoms with Gasteiger partial charge < -0.3 is 10.5 Å². The van der Waals surface area contributed by atoms with Crippen molar-refractivity contribution < 1.29 is 17.9 Å². The number of nitrogens with one attached hydrogen (secondary N) is 2. The zero-order chi connectivity index (χ0) is 14.6. The topological polar surface area (TPSA) is 111 Å². The van der Waals surface area contributed by atoms with E-state index in [1.165, 1.54) is 6.07 Å². The smallest absolute Gasteiger partial charge is 0.422 e. The molecule has 106 valence electrons. The molecule has 0 radical (unpaired) electrons. The Morgan fingerprint density at radius 2 is 2.00 bits per heavy atom. The van der Waals surface area contributed by atoms with Gasteiger partial charge in [0.1, 0.15) is 0 Å². The van der Waals surface area contributed by atoms with E-state index in [1.807, 2.05) is 0 Å². The maximum absolute atomic E-state index is 11.6. The molecule has 0 unspecified atom stereocenters. The first-order valence-corrected chi connectivity index (χ1v) is 7.05. The summed E-state index contributed by atoms with van der Waals surface area (Å²) in [5, 5.41) is 0. The highest BCUT2D eigenvalue weighted by molar-refractivity contribution is 7.91. The molecule has 0 saturated carbocycles. The van der Waals surface area contributed by atoms with E-state index in [-0.39, 0.29) is 5.69 Å². The van der Waals surface area contributed by atoms with Crippen LogP contribution in [0.25, 0.3) is 0 Å². The quantitative estimate of drug-likeness (QED) is 0.724. The Morgan fingerprint density at radius 3 is 2.53 bits per heavy atom. The Morgan fingerprint density at radius 1 is 1.37 bits per heavy atom. The number of anilines is 2. The molecule has 0 bridgehead atoms. The van der Waals surface area contributed by atoms with Crippen molar-refractivity contribution in [1.82, 2.24) is 4.72 Å². The lowest BCUT2D eigenvalue weighted by Gasteiger charge is -2.12. The van der Waals surface area contributed by atoms with Gasteiger partial charge in [0, 0.05) is 5.69 Å². The summed E-state index contributed by atoms with van der Waals surface area (Å²) < 4.78 is 31.8. The third kappa shape index (κ3) is 5.04. The van der Waals surface area contributed by atoms with Gasteiger partial charge >= 0.3 is 16.3 Å². The number of rotatable bonds is 4. The Labute approximate surface area is 112 Å². The third-order valence-corrected chi connectivity index (χ3v) is 3.03.